The molecule has 0 N–H and O–H groups in total. The largest absolute Gasteiger partial charge is 0.310 e. The summed E-state index contributed by atoms with van der Waals surface area (Å²) in [6.45, 7) is 4.75. The van der Waals surface area contributed by atoms with E-state index in [2.05, 4.69) is 181 Å². The average Bonchev–Trinajstić information content (AvgIpc) is 3.42. The monoisotopic (exact) mass is 576 g/mol. The van der Waals surface area contributed by atoms with Gasteiger partial charge in [0.25, 0.3) is 0 Å². The summed E-state index contributed by atoms with van der Waals surface area (Å²) in [4.78, 5) is 2.45. The summed E-state index contributed by atoms with van der Waals surface area (Å²) in [6.07, 6.45) is 0. The van der Waals surface area contributed by atoms with Gasteiger partial charge < -0.3 is 9.47 Å². The minimum Gasteiger partial charge on any atom is -0.310 e. The van der Waals surface area contributed by atoms with E-state index in [1.54, 1.807) is 0 Å². The van der Waals surface area contributed by atoms with E-state index in [-0.39, 0.29) is 5.41 Å². The predicted octanol–water partition coefficient (Wildman–Crippen LogP) is 11.7. The Morgan fingerprint density at radius 1 is 0.422 bits per heavy atom. The fourth-order valence-electron chi connectivity index (χ4n) is 7.46. The van der Waals surface area contributed by atoms with Crippen molar-refractivity contribution in [1.82, 2.24) is 4.57 Å². The molecule has 0 radical (unpaired) electrons. The van der Waals surface area contributed by atoms with Crippen LogP contribution >= 0.6 is 0 Å². The molecule has 7 aromatic carbocycles. The highest BCUT2D eigenvalue weighted by molar-refractivity contribution is 6.10. The van der Waals surface area contributed by atoms with Gasteiger partial charge in [0.2, 0.25) is 0 Å². The first-order valence-electron chi connectivity index (χ1n) is 15.7. The second-order valence-electron chi connectivity index (χ2n) is 12.7. The van der Waals surface area contributed by atoms with E-state index in [9.17, 15) is 0 Å². The van der Waals surface area contributed by atoms with E-state index in [1.165, 1.54) is 77.6 Å². The molecule has 1 aliphatic heterocycles. The zero-order valence-corrected chi connectivity index (χ0v) is 25.4. The van der Waals surface area contributed by atoms with Crippen LogP contribution in [-0.4, -0.2) is 4.57 Å². The lowest BCUT2D eigenvalue weighted by Crippen LogP contribution is -2.30. The first kappa shape index (κ1) is 25.9. The van der Waals surface area contributed by atoms with E-state index >= 15 is 0 Å². The van der Waals surface area contributed by atoms with Gasteiger partial charge in [-0.15, -0.1) is 0 Å². The smallest absolute Gasteiger partial charge is 0.0541 e. The van der Waals surface area contributed by atoms with Gasteiger partial charge in [0.15, 0.2) is 0 Å². The molecule has 1 aliphatic rings. The van der Waals surface area contributed by atoms with Crippen LogP contribution in [0.1, 0.15) is 25.0 Å². The third-order valence-electron chi connectivity index (χ3n) is 9.72. The van der Waals surface area contributed by atoms with E-state index in [0.29, 0.717) is 0 Å². The minimum absolute atomic E-state index is 0.191. The van der Waals surface area contributed by atoms with Crippen molar-refractivity contribution >= 4 is 49.6 Å². The Bertz CT molecular complexity index is 2400. The van der Waals surface area contributed by atoms with Gasteiger partial charge >= 0.3 is 0 Å². The molecule has 0 saturated heterocycles. The van der Waals surface area contributed by atoms with Crippen molar-refractivity contribution in [3.8, 4) is 16.8 Å². The summed E-state index contributed by atoms with van der Waals surface area (Å²) < 4.78 is 2.38. The lowest BCUT2D eigenvalue weighted by molar-refractivity contribution is 0.633. The van der Waals surface area contributed by atoms with E-state index in [0.717, 1.165) is 0 Å². The zero-order valence-electron chi connectivity index (χ0n) is 25.4. The number of aromatic nitrogens is 1. The van der Waals surface area contributed by atoms with E-state index in [4.69, 9.17) is 0 Å². The molecule has 8 aromatic rings. The number of rotatable bonds is 3. The maximum Gasteiger partial charge on any atom is 0.0541 e. The van der Waals surface area contributed by atoms with Crippen molar-refractivity contribution < 1.29 is 0 Å². The molecule has 0 spiro atoms. The highest BCUT2D eigenvalue weighted by Crippen LogP contribution is 2.53. The summed E-state index contributed by atoms with van der Waals surface area (Å²) in [5, 5.41) is 5.08. The maximum absolute atomic E-state index is 2.45. The lowest BCUT2D eigenvalue weighted by atomic mass is 9.72. The molecule has 0 fully saturated rings. The number of para-hydroxylation sites is 3. The van der Waals surface area contributed by atoms with Crippen LogP contribution in [0, 0.1) is 0 Å². The van der Waals surface area contributed by atoms with Crippen LogP contribution in [0.5, 0.6) is 0 Å². The van der Waals surface area contributed by atoms with Gasteiger partial charge in [-0.25, -0.2) is 0 Å². The predicted molar refractivity (Wildman–Crippen MR) is 191 cm³/mol. The van der Waals surface area contributed by atoms with Gasteiger partial charge in [-0.2, -0.15) is 0 Å². The Morgan fingerprint density at radius 3 is 1.78 bits per heavy atom. The molecule has 45 heavy (non-hydrogen) atoms. The van der Waals surface area contributed by atoms with Crippen LogP contribution < -0.4 is 4.90 Å². The summed E-state index contributed by atoms with van der Waals surface area (Å²) in [5.41, 5.74) is 12.2. The summed E-state index contributed by atoms with van der Waals surface area (Å²) in [6, 6.07) is 57.7. The maximum atomic E-state index is 2.45. The van der Waals surface area contributed by atoms with Crippen LogP contribution in [0.3, 0.4) is 0 Å². The third-order valence-corrected chi connectivity index (χ3v) is 9.72. The van der Waals surface area contributed by atoms with Crippen molar-refractivity contribution in [1.29, 1.82) is 0 Å². The molecular formula is C43H32N2. The number of nitrogens with zero attached hydrogens (tertiary/aromatic N) is 2. The fourth-order valence-corrected chi connectivity index (χ4v) is 7.46. The molecule has 0 amide bonds. The van der Waals surface area contributed by atoms with Gasteiger partial charge in [0.1, 0.15) is 0 Å². The average molecular weight is 577 g/mol. The minimum atomic E-state index is -0.191. The molecule has 2 heterocycles. The highest BCUT2D eigenvalue weighted by atomic mass is 15.2. The Morgan fingerprint density at radius 2 is 1.00 bits per heavy atom. The van der Waals surface area contributed by atoms with Gasteiger partial charge in [-0.3, -0.25) is 0 Å². The molecule has 0 saturated carbocycles. The molecule has 0 atom stereocenters. The zero-order chi connectivity index (χ0) is 30.1. The standard InChI is InChI=1S/C43H32N2/c1-43(2)37-27-32(31-21-23-40-36(25-31)35-19-11-12-20-39(35)44(40)33-15-5-3-6-16-33)22-24-41(37)45(34-17-7-4-8-18-34)42-28-30-14-10-9-13-29(30)26-38(42)43/h3-28H,1-2H3. The van der Waals surface area contributed by atoms with Gasteiger partial charge in [-0.05, 0) is 99.8 Å². The van der Waals surface area contributed by atoms with Crippen molar-refractivity contribution in [2.45, 2.75) is 19.3 Å². The molecular weight excluding hydrogens is 544 g/mol. The van der Waals surface area contributed by atoms with Gasteiger partial charge in [0, 0.05) is 27.6 Å². The molecule has 0 unspecified atom stereocenters. The molecule has 1 aromatic heterocycles. The Labute approximate surface area is 263 Å². The second-order valence-corrected chi connectivity index (χ2v) is 12.7. The van der Waals surface area contributed by atoms with Crippen molar-refractivity contribution in [2.24, 2.45) is 0 Å². The van der Waals surface area contributed by atoms with E-state index in [1.807, 2.05) is 0 Å². The quantitative estimate of drug-likeness (QED) is 0.203. The molecule has 2 heteroatoms. The first-order chi connectivity index (χ1) is 22.1. The summed E-state index contributed by atoms with van der Waals surface area (Å²) >= 11 is 0. The number of hydrogen-bond acceptors (Lipinski definition) is 1. The molecule has 0 aliphatic carbocycles. The summed E-state index contributed by atoms with van der Waals surface area (Å²) in [7, 11) is 0. The number of hydrogen-bond donors (Lipinski definition) is 0. The summed E-state index contributed by atoms with van der Waals surface area (Å²) in [5.74, 6) is 0. The van der Waals surface area contributed by atoms with Gasteiger partial charge in [-0.1, -0.05) is 105 Å². The van der Waals surface area contributed by atoms with Crippen molar-refractivity contribution in [3.63, 3.8) is 0 Å². The first-order valence-corrected chi connectivity index (χ1v) is 15.7. The molecule has 9 rings (SSSR count). The van der Waals surface area contributed by atoms with Crippen LogP contribution in [0.25, 0.3) is 49.4 Å². The van der Waals surface area contributed by atoms with Crippen LogP contribution in [-0.2, 0) is 5.41 Å². The normalized spacial score (nSPS) is 13.7. The number of benzene rings is 7. The Balaban J connectivity index is 1.25. The van der Waals surface area contributed by atoms with Crippen LogP contribution in [0.4, 0.5) is 17.1 Å². The highest BCUT2D eigenvalue weighted by Gasteiger charge is 2.37. The van der Waals surface area contributed by atoms with Gasteiger partial charge in [0.05, 0.1) is 22.4 Å². The van der Waals surface area contributed by atoms with Crippen molar-refractivity contribution in [2.75, 3.05) is 4.90 Å². The van der Waals surface area contributed by atoms with Crippen molar-refractivity contribution in [3.05, 3.63) is 169 Å². The van der Waals surface area contributed by atoms with E-state index < -0.39 is 0 Å². The SMILES string of the molecule is CC1(C)c2cc(-c3ccc4c(c3)c3ccccc3n4-c3ccccc3)ccc2N(c2ccccc2)c2cc3ccccc3cc21. The molecule has 0 bridgehead atoms. The lowest BCUT2D eigenvalue weighted by Gasteiger charge is -2.42. The fraction of sp³-hybridized carbons (Fsp3) is 0.0698. The van der Waals surface area contributed by atoms with Crippen LogP contribution in [0.15, 0.2) is 158 Å². The number of fused-ring (bicyclic) bond motifs is 6. The third kappa shape index (κ3) is 3.89. The Hall–Kier alpha value is -5.60. The second kappa shape index (κ2) is 9.70. The molecule has 2 nitrogen and oxygen atoms in total. The number of anilines is 3. The molecule has 214 valence electrons. The Kier molecular flexibility index (Phi) is 5.58. The van der Waals surface area contributed by atoms with Crippen LogP contribution in [0.2, 0.25) is 0 Å². The topological polar surface area (TPSA) is 8.17 Å².